The van der Waals surface area contributed by atoms with Crippen molar-refractivity contribution >= 4 is 5.88 Å². The van der Waals surface area contributed by atoms with Crippen LogP contribution in [-0.2, 0) is 11.3 Å². The Labute approximate surface area is 92.7 Å². The number of rotatable bonds is 4. The van der Waals surface area contributed by atoms with Gasteiger partial charge in [0, 0.05) is 12.1 Å². The van der Waals surface area contributed by atoms with Crippen molar-refractivity contribution in [3.63, 3.8) is 0 Å². The highest BCUT2D eigenvalue weighted by atomic mass is 16.6. The molecule has 0 amide bonds. The lowest BCUT2D eigenvalue weighted by molar-refractivity contribution is -0.402. The van der Waals surface area contributed by atoms with Gasteiger partial charge in [0.1, 0.15) is 10.7 Å². The van der Waals surface area contributed by atoms with E-state index in [9.17, 15) is 10.1 Å². The van der Waals surface area contributed by atoms with Gasteiger partial charge in [0.15, 0.2) is 0 Å². The molecule has 1 atom stereocenters. The maximum Gasteiger partial charge on any atom is 0.433 e. The number of nitrogens with one attached hydrogen (secondary N) is 1. The van der Waals surface area contributed by atoms with Crippen LogP contribution in [0.4, 0.5) is 5.88 Å². The highest BCUT2D eigenvalue weighted by Gasteiger charge is 2.29. The molecule has 16 heavy (non-hydrogen) atoms. The second kappa shape index (κ2) is 4.23. The topological polar surface area (TPSA) is 77.5 Å². The maximum atomic E-state index is 10.4. The van der Waals surface area contributed by atoms with Crippen molar-refractivity contribution in [2.75, 3.05) is 13.2 Å². The lowest BCUT2D eigenvalue weighted by Crippen LogP contribution is -2.42. The first-order chi connectivity index (χ1) is 7.59. The maximum absolute atomic E-state index is 10.4. The van der Waals surface area contributed by atoms with Gasteiger partial charge in [-0.3, -0.25) is 10.1 Å². The fourth-order valence-corrected chi connectivity index (χ4v) is 1.67. The number of furan rings is 1. The Bertz CT molecular complexity index is 382. The van der Waals surface area contributed by atoms with Crippen molar-refractivity contribution in [2.45, 2.75) is 25.4 Å². The molecule has 6 heteroatoms. The third-order valence-electron chi connectivity index (χ3n) is 2.74. The van der Waals surface area contributed by atoms with Crippen LogP contribution in [0.2, 0.25) is 0 Å². The van der Waals surface area contributed by atoms with E-state index >= 15 is 0 Å². The molecule has 1 aromatic rings. The summed E-state index contributed by atoms with van der Waals surface area (Å²) in [5, 5.41) is 13.7. The molecule has 0 bridgehead atoms. The Morgan fingerprint density at radius 1 is 1.62 bits per heavy atom. The van der Waals surface area contributed by atoms with Gasteiger partial charge in [0.25, 0.3) is 0 Å². The molecule has 1 aliphatic heterocycles. The molecule has 2 rings (SSSR count). The van der Waals surface area contributed by atoms with E-state index in [4.69, 9.17) is 9.15 Å². The minimum atomic E-state index is -0.538. The van der Waals surface area contributed by atoms with Crippen LogP contribution in [-0.4, -0.2) is 23.7 Å². The molecular weight excluding hydrogens is 212 g/mol. The summed E-state index contributed by atoms with van der Waals surface area (Å²) in [4.78, 5) is 9.87. The van der Waals surface area contributed by atoms with Crippen LogP contribution in [0.15, 0.2) is 16.5 Å². The molecule has 1 fully saturated rings. The molecule has 0 saturated carbocycles. The molecule has 2 heterocycles. The van der Waals surface area contributed by atoms with Crippen LogP contribution < -0.4 is 5.32 Å². The van der Waals surface area contributed by atoms with Gasteiger partial charge in [0.2, 0.25) is 0 Å². The van der Waals surface area contributed by atoms with E-state index in [1.54, 1.807) is 6.07 Å². The van der Waals surface area contributed by atoms with Gasteiger partial charge in [-0.1, -0.05) is 0 Å². The lowest BCUT2D eigenvalue weighted by atomic mass is 10.0. The predicted octanol–water partition coefficient (Wildman–Crippen LogP) is 1.46. The summed E-state index contributed by atoms with van der Waals surface area (Å²) < 4.78 is 10.3. The molecule has 1 N–H and O–H groups in total. The Morgan fingerprint density at radius 3 is 3.00 bits per heavy atom. The minimum absolute atomic E-state index is 0.0540. The fourth-order valence-electron chi connectivity index (χ4n) is 1.67. The number of hydrogen-bond acceptors (Lipinski definition) is 5. The van der Waals surface area contributed by atoms with Crippen LogP contribution >= 0.6 is 0 Å². The van der Waals surface area contributed by atoms with Crippen molar-refractivity contribution in [3.05, 3.63) is 28.0 Å². The fraction of sp³-hybridized carbons (Fsp3) is 0.600. The molecule has 0 spiro atoms. The molecule has 1 unspecified atom stereocenters. The van der Waals surface area contributed by atoms with E-state index in [1.807, 2.05) is 0 Å². The van der Waals surface area contributed by atoms with Gasteiger partial charge >= 0.3 is 5.88 Å². The largest absolute Gasteiger partial charge is 0.433 e. The van der Waals surface area contributed by atoms with E-state index in [0.717, 1.165) is 13.0 Å². The highest BCUT2D eigenvalue weighted by Crippen LogP contribution is 2.20. The first-order valence-electron chi connectivity index (χ1n) is 5.15. The average Bonchev–Trinajstić information content (AvgIpc) is 2.84. The number of nitro groups is 1. The van der Waals surface area contributed by atoms with Gasteiger partial charge < -0.3 is 14.5 Å². The minimum Gasteiger partial charge on any atom is -0.404 e. The molecule has 0 aromatic carbocycles. The summed E-state index contributed by atoms with van der Waals surface area (Å²) in [7, 11) is 0. The summed E-state index contributed by atoms with van der Waals surface area (Å²) in [6.07, 6.45) is 0.940. The second-order valence-corrected chi connectivity index (χ2v) is 4.21. The molecule has 0 aliphatic carbocycles. The normalized spacial score (nSPS) is 24.8. The van der Waals surface area contributed by atoms with Crippen LogP contribution in [0.25, 0.3) is 0 Å². The van der Waals surface area contributed by atoms with E-state index in [2.05, 4.69) is 12.2 Å². The van der Waals surface area contributed by atoms with E-state index < -0.39 is 4.92 Å². The Morgan fingerprint density at radius 2 is 2.44 bits per heavy atom. The van der Waals surface area contributed by atoms with Crippen molar-refractivity contribution in [3.8, 4) is 0 Å². The Balaban J connectivity index is 1.91. The summed E-state index contributed by atoms with van der Waals surface area (Å²) in [5.41, 5.74) is -0.0540. The molecule has 1 aromatic heterocycles. The zero-order chi connectivity index (χ0) is 11.6. The van der Waals surface area contributed by atoms with Crippen LogP contribution in [0.1, 0.15) is 19.1 Å². The van der Waals surface area contributed by atoms with Crippen LogP contribution in [0.5, 0.6) is 0 Å². The molecule has 0 radical (unpaired) electrons. The van der Waals surface area contributed by atoms with Crippen molar-refractivity contribution in [2.24, 2.45) is 0 Å². The molecule has 1 saturated heterocycles. The van der Waals surface area contributed by atoms with E-state index in [0.29, 0.717) is 18.9 Å². The van der Waals surface area contributed by atoms with E-state index in [-0.39, 0.29) is 11.4 Å². The van der Waals surface area contributed by atoms with Gasteiger partial charge in [-0.25, -0.2) is 0 Å². The van der Waals surface area contributed by atoms with Crippen molar-refractivity contribution in [1.82, 2.24) is 5.32 Å². The van der Waals surface area contributed by atoms with Gasteiger partial charge in [-0.15, -0.1) is 0 Å². The summed E-state index contributed by atoms with van der Waals surface area (Å²) in [5.74, 6) is 0.351. The summed E-state index contributed by atoms with van der Waals surface area (Å²) >= 11 is 0. The zero-order valence-corrected chi connectivity index (χ0v) is 9.06. The zero-order valence-electron chi connectivity index (χ0n) is 9.06. The number of hydrogen-bond donors (Lipinski definition) is 1. The molecule has 6 nitrogen and oxygen atoms in total. The van der Waals surface area contributed by atoms with E-state index in [1.165, 1.54) is 6.07 Å². The van der Waals surface area contributed by atoms with Crippen LogP contribution in [0.3, 0.4) is 0 Å². The van der Waals surface area contributed by atoms with Gasteiger partial charge in [0.05, 0.1) is 19.2 Å². The number of nitrogens with zero attached hydrogens (tertiary/aromatic N) is 1. The second-order valence-electron chi connectivity index (χ2n) is 4.21. The van der Waals surface area contributed by atoms with Gasteiger partial charge in [-0.05, 0) is 19.4 Å². The monoisotopic (exact) mass is 226 g/mol. The first-order valence-corrected chi connectivity index (χ1v) is 5.15. The molecule has 1 aliphatic rings. The third kappa shape index (κ3) is 2.40. The standard InChI is InChI=1S/C10H14N2O4/c1-10(4-5-15-7-10)11-6-8-2-3-9(16-8)12(13)14/h2-3,11H,4-7H2,1H3. The smallest absolute Gasteiger partial charge is 0.404 e. The van der Waals surface area contributed by atoms with Crippen LogP contribution in [0, 0.1) is 10.1 Å². The third-order valence-corrected chi connectivity index (χ3v) is 2.74. The summed E-state index contributed by atoms with van der Waals surface area (Å²) in [6.45, 7) is 3.96. The first kappa shape index (κ1) is 11.1. The van der Waals surface area contributed by atoms with Crippen molar-refractivity contribution in [1.29, 1.82) is 0 Å². The highest BCUT2D eigenvalue weighted by molar-refractivity contribution is 5.17. The molecular formula is C10H14N2O4. The summed E-state index contributed by atoms with van der Waals surface area (Å²) in [6, 6.07) is 2.98. The number of ether oxygens (including phenoxy) is 1. The Hall–Kier alpha value is -1.40. The quantitative estimate of drug-likeness (QED) is 0.621. The molecule has 88 valence electrons. The lowest BCUT2D eigenvalue weighted by Gasteiger charge is -2.22. The van der Waals surface area contributed by atoms with Crippen molar-refractivity contribution < 1.29 is 14.1 Å². The predicted molar refractivity (Wildman–Crippen MR) is 56.0 cm³/mol. The average molecular weight is 226 g/mol. The Kier molecular flexibility index (Phi) is 2.93. The van der Waals surface area contributed by atoms with Gasteiger partial charge in [-0.2, -0.15) is 0 Å². The SMILES string of the molecule is CC1(NCc2ccc([N+](=O)[O-])o2)CCOC1.